The van der Waals surface area contributed by atoms with E-state index in [0.29, 0.717) is 12.2 Å². The molecule has 0 spiro atoms. The Morgan fingerprint density at radius 3 is 2.56 bits per heavy atom. The molecule has 0 aliphatic rings. The highest BCUT2D eigenvalue weighted by Crippen LogP contribution is 2.31. The molecule has 1 rings (SSSR count). The van der Waals surface area contributed by atoms with Crippen LogP contribution in [0.25, 0.3) is 0 Å². The smallest absolute Gasteiger partial charge is 0.339 e. The molecule has 3 nitrogen and oxygen atoms in total. The van der Waals surface area contributed by atoms with Gasteiger partial charge in [-0.2, -0.15) is 0 Å². The summed E-state index contributed by atoms with van der Waals surface area (Å²) < 4.78 is 0. The minimum Gasteiger partial charge on any atom is -0.478 e. The fourth-order valence-electron chi connectivity index (χ4n) is 1.81. The summed E-state index contributed by atoms with van der Waals surface area (Å²) in [7, 11) is 0. The number of hydrogen-bond acceptors (Lipinski definition) is 2. The second kappa shape index (κ2) is 5.44. The monoisotopic (exact) mass is 267 g/mol. The van der Waals surface area contributed by atoms with Crippen molar-refractivity contribution in [2.45, 2.75) is 26.3 Å². The normalized spacial score (nSPS) is 11.1. The number of aromatic carboxylic acids is 1. The molecular weight excluding hydrogens is 250 g/mol. The molecular formula is C14H18ClNO2. The standard InChI is InChI=1S/C14H18ClNO2/c1-5-9-16(14(2,3)4)11-8-6-7-10(15)12(11)13(17)18/h5-8H,1,9H2,2-4H3,(H,17,18). The first-order valence-electron chi connectivity index (χ1n) is 5.69. The van der Waals surface area contributed by atoms with Crippen LogP contribution >= 0.6 is 11.6 Å². The zero-order valence-corrected chi connectivity index (χ0v) is 11.7. The quantitative estimate of drug-likeness (QED) is 0.843. The summed E-state index contributed by atoms with van der Waals surface area (Å²) in [5.41, 5.74) is 0.529. The zero-order chi connectivity index (χ0) is 13.9. The number of carbonyl (C=O) groups is 1. The van der Waals surface area contributed by atoms with Crippen molar-refractivity contribution in [3.8, 4) is 0 Å². The molecule has 1 N–H and O–H groups in total. The van der Waals surface area contributed by atoms with Gasteiger partial charge in [0.2, 0.25) is 0 Å². The van der Waals surface area contributed by atoms with E-state index in [-0.39, 0.29) is 16.1 Å². The molecule has 0 aromatic heterocycles. The van der Waals surface area contributed by atoms with E-state index >= 15 is 0 Å². The molecule has 0 saturated carbocycles. The molecule has 0 bridgehead atoms. The fraction of sp³-hybridized carbons (Fsp3) is 0.357. The van der Waals surface area contributed by atoms with E-state index in [9.17, 15) is 9.90 Å². The van der Waals surface area contributed by atoms with Gasteiger partial charge in [0.05, 0.1) is 10.7 Å². The molecule has 0 fully saturated rings. The van der Waals surface area contributed by atoms with Gasteiger partial charge in [-0.1, -0.05) is 23.7 Å². The summed E-state index contributed by atoms with van der Waals surface area (Å²) in [5, 5.41) is 9.54. The van der Waals surface area contributed by atoms with Crippen LogP contribution in [0.4, 0.5) is 5.69 Å². The highest BCUT2D eigenvalue weighted by Gasteiger charge is 2.26. The third-order valence-electron chi connectivity index (χ3n) is 2.62. The molecule has 0 heterocycles. The summed E-state index contributed by atoms with van der Waals surface area (Å²) in [5.74, 6) is -1.02. The van der Waals surface area contributed by atoms with Crippen LogP contribution in [-0.4, -0.2) is 23.2 Å². The summed E-state index contributed by atoms with van der Waals surface area (Å²) in [4.78, 5) is 13.3. The zero-order valence-electron chi connectivity index (χ0n) is 10.9. The van der Waals surface area contributed by atoms with E-state index in [1.54, 1.807) is 24.3 Å². The van der Waals surface area contributed by atoms with Crippen molar-refractivity contribution >= 4 is 23.3 Å². The van der Waals surface area contributed by atoms with Gasteiger partial charge in [-0.05, 0) is 32.9 Å². The minimum atomic E-state index is -1.02. The lowest BCUT2D eigenvalue weighted by Gasteiger charge is -2.38. The van der Waals surface area contributed by atoms with E-state index < -0.39 is 5.97 Å². The first kappa shape index (κ1) is 14.6. The van der Waals surface area contributed by atoms with Crippen molar-refractivity contribution in [1.82, 2.24) is 0 Å². The maximum absolute atomic E-state index is 11.3. The summed E-state index contributed by atoms with van der Waals surface area (Å²) in [6.45, 7) is 10.3. The first-order valence-corrected chi connectivity index (χ1v) is 6.07. The lowest BCUT2D eigenvalue weighted by Crippen LogP contribution is -2.42. The number of benzene rings is 1. The highest BCUT2D eigenvalue weighted by atomic mass is 35.5. The number of hydrogen-bond donors (Lipinski definition) is 1. The summed E-state index contributed by atoms with van der Waals surface area (Å²) in [6.07, 6.45) is 1.75. The molecule has 0 atom stereocenters. The summed E-state index contributed by atoms with van der Waals surface area (Å²) in [6, 6.07) is 5.11. The topological polar surface area (TPSA) is 40.5 Å². The van der Waals surface area contributed by atoms with Gasteiger partial charge in [-0.25, -0.2) is 4.79 Å². The number of halogens is 1. The van der Waals surface area contributed by atoms with Gasteiger partial charge in [0.25, 0.3) is 0 Å². The van der Waals surface area contributed by atoms with Crippen LogP contribution in [0.5, 0.6) is 0 Å². The minimum absolute atomic E-state index is 0.135. The maximum atomic E-state index is 11.3. The Labute approximate surface area is 113 Å². The van der Waals surface area contributed by atoms with E-state index in [2.05, 4.69) is 6.58 Å². The molecule has 98 valence electrons. The highest BCUT2D eigenvalue weighted by molar-refractivity contribution is 6.34. The van der Waals surface area contributed by atoms with Crippen molar-refractivity contribution in [2.75, 3.05) is 11.4 Å². The Morgan fingerprint density at radius 2 is 2.11 bits per heavy atom. The van der Waals surface area contributed by atoms with Crippen molar-refractivity contribution in [2.24, 2.45) is 0 Å². The lowest BCUT2D eigenvalue weighted by molar-refractivity contribution is 0.0697. The maximum Gasteiger partial charge on any atom is 0.339 e. The van der Waals surface area contributed by atoms with Gasteiger partial charge in [0, 0.05) is 12.1 Å². The average molecular weight is 268 g/mol. The van der Waals surface area contributed by atoms with E-state index in [0.717, 1.165) is 0 Å². The third-order valence-corrected chi connectivity index (χ3v) is 2.93. The Bertz CT molecular complexity index is 463. The number of carboxylic acids is 1. The van der Waals surface area contributed by atoms with E-state index in [1.165, 1.54) is 0 Å². The van der Waals surface area contributed by atoms with Crippen molar-refractivity contribution < 1.29 is 9.90 Å². The summed E-state index contributed by atoms with van der Waals surface area (Å²) >= 11 is 5.99. The van der Waals surface area contributed by atoms with Crippen LogP contribution in [0.1, 0.15) is 31.1 Å². The molecule has 0 aliphatic heterocycles. The van der Waals surface area contributed by atoms with Gasteiger partial charge >= 0.3 is 5.97 Å². The molecule has 1 aromatic carbocycles. The van der Waals surface area contributed by atoms with Crippen molar-refractivity contribution in [1.29, 1.82) is 0 Å². The van der Waals surface area contributed by atoms with Crippen LogP contribution in [0.3, 0.4) is 0 Å². The van der Waals surface area contributed by atoms with Crippen LogP contribution in [0, 0.1) is 0 Å². The van der Waals surface area contributed by atoms with Crippen molar-refractivity contribution in [3.05, 3.63) is 41.4 Å². The molecule has 0 unspecified atom stereocenters. The van der Waals surface area contributed by atoms with E-state index in [4.69, 9.17) is 11.6 Å². The number of rotatable bonds is 4. The van der Waals surface area contributed by atoms with Gasteiger partial charge < -0.3 is 10.0 Å². The molecule has 18 heavy (non-hydrogen) atoms. The largest absolute Gasteiger partial charge is 0.478 e. The van der Waals surface area contributed by atoms with Gasteiger partial charge in [-0.3, -0.25) is 0 Å². The fourth-order valence-corrected chi connectivity index (χ4v) is 2.06. The predicted molar refractivity (Wildman–Crippen MR) is 75.7 cm³/mol. The van der Waals surface area contributed by atoms with Crippen LogP contribution in [0.2, 0.25) is 5.02 Å². The predicted octanol–water partition coefficient (Wildman–Crippen LogP) is 3.83. The molecule has 0 radical (unpaired) electrons. The Kier molecular flexibility index (Phi) is 4.41. The molecule has 0 aliphatic carbocycles. The second-order valence-electron chi connectivity index (χ2n) is 5.01. The first-order chi connectivity index (χ1) is 8.29. The number of anilines is 1. The SMILES string of the molecule is C=CCN(c1cccc(Cl)c1C(=O)O)C(C)(C)C. The third kappa shape index (κ3) is 3.05. The Balaban J connectivity index is 3.41. The molecule has 1 aromatic rings. The Hall–Kier alpha value is -1.48. The second-order valence-corrected chi connectivity index (χ2v) is 5.42. The van der Waals surface area contributed by atoms with Crippen LogP contribution in [0.15, 0.2) is 30.9 Å². The van der Waals surface area contributed by atoms with Crippen LogP contribution in [-0.2, 0) is 0 Å². The average Bonchev–Trinajstić information content (AvgIpc) is 2.23. The lowest BCUT2D eigenvalue weighted by atomic mass is 10.0. The van der Waals surface area contributed by atoms with Crippen LogP contribution < -0.4 is 4.90 Å². The number of nitrogens with zero attached hydrogens (tertiary/aromatic N) is 1. The Morgan fingerprint density at radius 1 is 1.50 bits per heavy atom. The van der Waals surface area contributed by atoms with Crippen molar-refractivity contribution in [3.63, 3.8) is 0 Å². The molecule has 0 amide bonds. The molecule has 0 saturated heterocycles. The number of carboxylic acid groups (broad SMARTS) is 1. The van der Waals surface area contributed by atoms with E-state index in [1.807, 2.05) is 25.7 Å². The van der Waals surface area contributed by atoms with Gasteiger partial charge in [0.15, 0.2) is 0 Å². The van der Waals surface area contributed by atoms with Gasteiger partial charge in [-0.15, -0.1) is 6.58 Å². The van der Waals surface area contributed by atoms with Gasteiger partial charge in [0.1, 0.15) is 5.56 Å². The molecule has 4 heteroatoms.